The van der Waals surface area contributed by atoms with E-state index in [1.165, 1.54) is 0 Å². The Labute approximate surface area is 143 Å². The summed E-state index contributed by atoms with van der Waals surface area (Å²) in [5.74, 6) is 1.37. The largest absolute Gasteiger partial charge is 0.508 e. The van der Waals surface area contributed by atoms with Crippen molar-refractivity contribution in [3.8, 4) is 17.2 Å². The second kappa shape index (κ2) is 10.1. The smallest absolute Gasteiger partial charge is 0.124 e. The van der Waals surface area contributed by atoms with Gasteiger partial charge in [-0.1, -0.05) is 26.0 Å². The minimum Gasteiger partial charge on any atom is -0.508 e. The Bertz CT molecular complexity index is 582. The maximum atomic E-state index is 9.42. The Morgan fingerprint density at radius 2 is 1.52 bits per heavy atom. The standard InChI is InChI=1S/C15H14O3.C2H6S.C2H6/c16-12-4-1-10(2-5-12)14-7-3-11-9-13(17)6-8-15(11)18-14;1-3-2;1-2/h1-2,4-6,8-9,14,16-17H,3,7H2;1-2H3;1-2H3/t14-;;/m1../s1. The summed E-state index contributed by atoms with van der Waals surface area (Å²) in [5, 5.41) is 18.7. The molecule has 0 spiro atoms. The van der Waals surface area contributed by atoms with Crippen LogP contribution in [0.5, 0.6) is 17.2 Å². The molecular weight excluding hydrogens is 308 g/mol. The molecule has 1 atom stereocenters. The molecule has 1 aliphatic heterocycles. The maximum Gasteiger partial charge on any atom is 0.124 e. The molecule has 0 unspecified atom stereocenters. The molecular formula is C19H26O3S. The number of rotatable bonds is 1. The number of aromatic hydroxyl groups is 2. The fourth-order valence-corrected chi connectivity index (χ4v) is 2.30. The first-order valence-corrected chi connectivity index (χ1v) is 9.45. The third-order valence-corrected chi connectivity index (χ3v) is 3.25. The van der Waals surface area contributed by atoms with E-state index >= 15 is 0 Å². The fourth-order valence-electron chi connectivity index (χ4n) is 2.30. The van der Waals surface area contributed by atoms with Crippen molar-refractivity contribution in [3.05, 3.63) is 53.6 Å². The van der Waals surface area contributed by atoms with Crippen LogP contribution < -0.4 is 4.74 Å². The van der Waals surface area contributed by atoms with Gasteiger partial charge in [-0.2, -0.15) is 11.8 Å². The van der Waals surface area contributed by atoms with Crippen molar-refractivity contribution in [2.45, 2.75) is 32.8 Å². The molecule has 2 N–H and O–H groups in total. The molecule has 4 heteroatoms. The lowest BCUT2D eigenvalue weighted by Crippen LogP contribution is -2.14. The van der Waals surface area contributed by atoms with E-state index in [0.717, 1.165) is 29.7 Å². The lowest BCUT2D eigenvalue weighted by Gasteiger charge is -2.26. The third-order valence-electron chi connectivity index (χ3n) is 3.25. The van der Waals surface area contributed by atoms with Gasteiger partial charge in [-0.3, -0.25) is 0 Å². The predicted octanol–water partition coefficient (Wildman–Crippen LogP) is 5.17. The van der Waals surface area contributed by atoms with Crippen molar-refractivity contribution in [1.29, 1.82) is 0 Å². The van der Waals surface area contributed by atoms with Gasteiger partial charge in [0.05, 0.1) is 0 Å². The highest BCUT2D eigenvalue weighted by molar-refractivity contribution is 7.97. The number of hydrogen-bond donors (Lipinski definition) is 2. The van der Waals surface area contributed by atoms with E-state index in [-0.39, 0.29) is 17.6 Å². The highest BCUT2D eigenvalue weighted by Crippen LogP contribution is 2.36. The normalized spacial score (nSPS) is 15.0. The molecule has 2 aromatic carbocycles. The van der Waals surface area contributed by atoms with Gasteiger partial charge < -0.3 is 14.9 Å². The van der Waals surface area contributed by atoms with Gasteiger partial charge in [0.1, 0.15) is 23.4 Å². The number of benzene rings is 2. The molecule has 0 saturated heterocycles. The summed E-state index contributed by atoms with van der Waals surface area (Å²) in [6.07, 6.45) is 5.86. The lowest BCUT2D eigenvalue weighted by molar-refractivity contribution is 0.176. The first-order chi connectivity index (χ1) is 11.1. The third kappa shape index (κ3) is 5.71. The van der Waals surface area contributed by atoms with Crippen molar-refractivity contribution in [3.63, 3.8) is 0 Å². The van der Waals surface area contributed by atoms with Crippen molar-refractivity contribution < 1.29 is 14.9 Å². The van der Waals surface area contributed by atoms with Crippen LogP contribution in [0.15, 0.2) is 42.5 Å². The van der Waals surface area contributed by atoms with Gasteiger partial charge >= 0.3 is 0 Å². The van der Waals surface area contributed by atoms with Crippen LogP contribution in [0.2, 0.25) is 0 Å². The monoisotopic (exact) mass is 334 g/mol. The van der Waals surface area contributed by atoms with Crippen LogP contribution in [0.3, 0.4) is 0 Å². The molecule has 0 radical (unpaired) electrons. The average molecular weight is 334 g/mol. The zero-order chi connectivity index (χ0) is 17.2. The minimum absolute atomic E-state index is 0.0163. The van der Waals surface area contributed by atoms with Gasteiger partial charge in [-0.15, -0.1) is 0 Å². The highest BCUT2D eigenvalue weighted by atomic mass is 32.2. The molecule has 0 fully saturated rings. The highest BCUT2D eigenvalue weighted by Gasteiger charge is 2.21. The van der Waals surface area contributed by atoms with Crippen molar-refractivity contribution >= 4 is 11.8 Å². The van der Waals surface area contributed by atoms with Gasteiger partial charge in [0.15, 0.2) is 0 Å². The summed E-state index contributed by atoms with van der Waals surface area (Å²) in [4.78, 5) is 0. The van der Waals surface area contributed by atoms with Gasteiger partial charge in [-0.05, 0) is 66.8 Å². The maximum absolute atomic E-state index is 9.42. The van der Waals surface area contributed by atoms with Crippen LogP contribution in [0, 0.1) is 0 Å². The van der Waals surface area contributed by atoms with Crippen LogP contribution in [-0.2, 0) is 6.42 Å². The van der Waals surface area contributed by atoms with E-state index in [2.05, 4.69) is 0 Å². The van der Waals surface area contributed by atoms with E-state index in [0.29, 0.717) is 0 Å². The van der Waals surface area contributed by atoms with E-state index in [9.17, 15) is 10.2 Å². The summed E-state index contributed by atoms with van der Waals surface area (Å²) in [6, 6.07) is 12.3. The van der Waals surface area contributed by atoms with Crippen LogP contribution in [-0.4, -0.2) is 22.7 Å². The molecule has 2 aromatic rings. The summed E-state index contributed by atoms with van der Waals surface area (Å²) < 4.78 is 5.92. The van der Waals surface area contributed by atoms with Crippen LogP contribution in [0.4, 0.5) is 0 Å². The number of thioether (sulfide) groups is 1. The van der Waals surface area contributed by atoms with E-state index < -0.39 is 0 Å². The predicted molar refractivity (Wildman–Crippen MR) is 98.7 cm³/mol. The Balaban J connectivity index is 0.000000477. The summed E-state index contributed by atoms with van der Waals surface area (Å²) in [5.41, 5.74) is 2.11. The van der Waals surface area contributed by atoms with E-state index in [4.69, 9.17) is 4.74 Å². The fraction of sp³-hybridized carbons (Fsp3) is 0.368. The molecule has 1 heterocycles. The summed E-state index contributed by atoms with van der Waals surface area (Å²) >= 11 is 1.75. The molecule has 0 saturated carbocycles. The van der Waals surface area contributed by atoms with Crippen molar-refractivity contribution in [2.75, 3.05) is 12.5 Å². The Morgan fingerprint density at radius 3 is 2.13 bits per heavy atom. The molecule has 23 heavy (non-hydrogen) atoms. The van der Waals surface area contributed by atoms with Crippen LogP contribution in [0.1, 0.15) is 37.5 Å². The average Bonchev–Trinajstić information content (AvgIpc) is 2.58. The van der Waals surface area contributed by atoms with Crippen molar-refractivity contribution in [1.82, 2.24) is 0 Å². The first-order valence-electron chi connectivity index (χ1n) is 7.81. The summed E-state index contributed by atoms with van der Waals surface area (Å²) in [6.45, 7) is 4.00. The molecule has 3 nitrogen and oxygen atoms in total. The zero-order valence-electron chi connectivity index (χ0n) is 14.2. The molecule has 0 bridgehead atoms. The van der Waals surface area contributed by atoms with Gasteiger partial charge in [0.2, 0.25) is 0 Å². The number of phenols is 2. The SMILES string of the molecule is CC.CSC.Oc1ccc([C@H]2CCc3cc(O)ccc3O2)cc1. The van der Waals surface area contributed by atoms with E-state index in [1.54, 1.807) is 42.1 Å². The van der Waals surface area contributed by atoms with Gasteiger partial charge in [0.25, 0.3) is 0 Å². The summed E-state index contributed by atoms with van der Waals surface area (Å²) in [7, 11) is 0. The van der Waals surface area contributed by atoms with Gasteiger partial charge in [0, 0.05) is 0 Å². The number of ether oxygens (including phenoxy) is 1. The molecule has 3 rings (SSSR count). The van der Waals surface area contributed by atoms with Crippen molar-refractivity contribution in [2.24, 2.45) is 0 Å². The second-order valence-corrected chi connectivity index (χ2v) is 5.75. The minimum atomic E-state index is 0.0163. The quantitative estimate of drug-likeness (QED) is 0.755. The van der Waals surface area contributed by atoms with E-state index in [1.807, 2.05) is 38.5 Å². The zero-order valence-corrected chi connectivity index (χ0v) is 15.1. The molecule has 0 aromatic heterocycles. The molecule has 1 aliphatic rings. The first kappa shape index (κ1) is 19.2. The second-order valence-electron chi connectivity index (χ2n) is 4.94. The number of phenolic OH excluding ortho intramolecular Hbond substituents is 2. The Morgan fingerprint density at radius 1 is 0.957 bits per heavy atom. The topological polar surface area (TPSA) is 49.7 Å². The van der Waals surface area contributed by atoms with Gasteiger partial charge in [-0.25, -0.2) is 0 Å². The number of hydrogen-bond acceptors (Lipinski definition) is 4. The van der Waals surface area contributed by atoms with Crippen LogP contribution in [0.25, 0.3) is 0 Å². The Hall–Kier alpha value is -1.81. The molecule has 126 valence electrons. The lowest BCUT2D eigenvalue weighted by atomic mass is 9.97. The molecule has 0 amide bonds. The number of aryl methyl sites for hydroxylation is 1. The van der Waals surface area contributed by atoms with Crippen LogP contribution >= 0.6 is 11.8 Å². The Kier molecular flexibility index (Phi) is 8.41. The molecule has 0 aliphatic carbocycles. The number of fused-ring (bicyclic) bond motifs is 1.